The maximum absolute atomic E-state index is 10.2. The van der Waals surface area contributed by atoms with Gasteiger partial charge in [0.1, 0.15) is 0 Å². The van der Waals surface area contributed by atoms with E-state index in [1.807, 2.05) is 6.92 Å². The molecule has 0 aliphatic heterocycles. The Bertz CT molecular complexity index is 211. The van der Waals surface area contributed by atoms with Gasteiger partial charge in [-0.3, -0.25) is 0 Å². The molecule has 0 aromatic rings. The highest BCUT2D eigenvalue weighted by Gasteiger charge is 2.02. The summed E-state index contributed by atoms with van der Waals surface area (Å²) in [6.45, 7) is 2.39. The van der Waals surface area contributed by atoms with E-state index in [1.165, 1.54) is 0 Å². The fourth-order valence-electron chi connectivity index (χ4n) is 0.893. The van der Waals surface area contributed by atoms with Gasteiger partial charge < -0.3 is 15.0 Å². The van der Waals surface area contributed by atoms with Crippen molar-refractivity contribution < 1.29 is 18.1 Å². The molecule has 2 N–H and O–H groups in total. The first-order valence-electron chi connectivity index (χ1n) is 4.27. The number of aliphatic hydroxyl groups is 1. The second kappa shape index (κ2) is 6.31. The summed E-state index contributed by atoms with van der Waals surface area (Å²) >= 11 is 0. The minimum absolute atomic E-state index is 0.00523. The molecule has 0 saturated heterocycles. The van der Waals surface area contributed by atoms with Crippen molar-refractivity contribution in [2.24, 2.45) is 0 Å². The van der Waals surface area contributed by atoms with Gasteiger partial charge in [-0.2, -0.15) is 0 Å². The maximum atomic E-state index is 10.2. The van der Waals surface area contributed by atoms with Crippen molar-refractivity contribution in [3.8, 4) is 0 Å². The molecule has 0 rings (SSSR count). The van der Waals surface area contributed by atoms with E-state index in [9.17, 15) is 13.0 Å². The molecule has 0 aliphatic rings. The Kier molecular flexibility index (Phi) is 6.23. The Morgan fingerprint density at radius 1 is 1.54 bits per heavy atom. The predicted molar refractivity (Wildman–Crippen MR) is 48.3 cm³/mol. The van der Waals surface area contributed by atoms with Gasteiger partial charge in [0, 0.05) is 11.8 Å². The van der Waals surface area contributed by atoms with Crippen LogP contribution in [0.25, 0.3) is 0 Å². The lowest BCUT2D eigenvalue weighted by Crippen LogP contribution is -2.33. The lowest BCUT2D eigenvalue weighted by Gasteiger charge is -2.14. The first-order valence-corrected chi connectivity index (χ1v) is 5.85. The van der Waals surface area contributed by atoms with Crippen molar-refractivity contribution in [1.29, 1.82) is 0 Å². The van der Waals surface area contributed by atoms with E-state index in [0.29, 0.717) is 13.0 Å². The molecule has 0 heterocycles. The largest absolute Gasteiger partial charge is 0.748 e. The Labute approximate surface area is 78.9 Å². The van der Waals surface area contributed by atoms with Gasteiger partial charge in [0.2, 0.25) is 0 Å². The summed E-state index contributed by atoms with van der Waals surface area (Å²) in [4.78, 5) is 0. The molecule has 0 aromatic heterocycles. The van der Waals surface area contributed by atoms with E-state index < -0.39 is 10.1 Å². The second-order valence-corrected chi connectivity index (χ2v) is 4.38. The molecule has 0 fully saturated rings. The summed E-state index contributed by atoms with van der Waals surface area (Å²) in [5.41, 5.74) is 0. The SMILES string of the molecule is CCC(CO)NCCCS(=O)(=O)[O-]. The maximum Gasteiger partial charge on any atom is 0.0946 e. The van der Waals surface area contributed by atoms with Crippen LogP contribution in [0.2, 0.25) is 0 Å². The zero-order valence-electron chi connectivity index (χ0n) is 7.69. The Balaban J connectivity index is 3.45. The molecule has 80 valence electrons. The summed E-state index contributed by atoms with van der Waals surface area (Å²) in [6.07, 6.45) is 1.07. The summed E-state index contributed by atoms with van der Waals surface area (Å²) in [5.74, 6) is -0.345. The van der Waals surface area contributed by atoms with Crippen LogP contribution in [0.15, 0.2) is 0 Å². The average molecular weight is 210 g/mol. The van der Waals surface area contributed by atoms with E-state index in [4.69, 9.17) is 5.11 Å². The van der Waals surface area contributed by atoms with Crippen molar-refractivity contribution >= 4 is 10.1 Å². The highest BCUT2D eigenvalue weighted by Crippen LogP contribution is 1.91. The standard InChI is InChI=1S/C7H17NO4S/c1-2-7(6-9)8-4-3-5-13(10,11)12/h7-9H,2-6H2,1H3,(H,10,11,12)/p-1. The topological polar surface area (TPSA) is 89.5 Å². The van der Waals surface area contributed by atoms with Gasteiger partial charge in [-0.15, -0.1) is 0 Å². The molecule has 0 aromatic carbocycles. The molecule has 0 amide bonds. The molecule has 1 atom stereocenters. The van der Waals surface area contributed by atoms with Gasteiger partial charge in [0.25, 0.3) is 0 Å². The van der Waals surface area contributed by atoms with Crippen LogP contribution in [0.4, 0.5) is 0 Å². The van der Waals surface area contributed by atoms with Gasteiger partial charge in [0.15, 0.2) is 0 Å². The molecule has 0 aliphatic carbocycles. The van der Waals surface area contributed by atoms with Crippen LogP contribution in [-0.4, -0.2) is 43.0 Å². The van der Waals surface area contributed by atoms with E-state index >= 15 is 0 Å². The third-order valence-corrected chi connectivity index (χ3v) is 2.51. The number of nitrogens with one attached hydrogen (secondary N) is 1. The predicted octanol–water partition coefficient (Wildman–Crippen LogP) is -0.718. The van der Waals surface area contributed by atoms with Crippen LogP contribution < -0.4 is 5.32 Å². The van der Waals surface area contributed by atoms with Crippen LogP contribution in [0.1, 0.15) is 19.8 Å². The van der Waals surface area contributed by atoms with Crippen LogP contribution in [0.3, 0.4) is 0 Å². The molecule has 5 nitrogen and oxygen atoms in total. The summed E-state index contributed by atoms with van der Waals surface area (Å²) in [5, 5.41) is 11.7. The number of aliphatic hydroxyl groups excluding tert-OH is 1. The van der Waals surface area contributed by atoms with Gasteiger partial charge in [-0.25, -0.2) is 8.42 Å². The summed E-state index contributed by atoms with van der Waals surface area (Å²) < 4.78 is 30.5. The van der Waals surface area contributed by atoms with Crippen LogP contribution in [0, 0.1) is 0 Å². The molecule has 0 spiro atoms. The third kappa shape index (κ3) is 8.17. The summed E-state index contributed by atoms with van der Waals surface area (Å²) in [6, 6.07) is -0.00523. The molecule has 0 saturated carbocycles. The van der Waals surface area contributed by atoms with Crippen molar-refractivity contribution in [1.82, 2.24) is 5.32 Å². The number of hydrogen-bond donors (Lipinski definition) is 2. The quantitative estimate of drug-likeness (QED) is 0.427. The van der Waals surface area contributed by atoms with Gasteiger partial charge in [0.05, 0.1) is 16.7 Å². The van der Waals surface area contributed by atoms with E-state index in [2.05, 4.69) is 5.32 Å². The van der Waals surface area contributed by atoms with Crippen LogP contribution in [0.5, 0.6) is 0 Å². The normalized spacial score (nSPS) is 14.4. The zero-order valence-corrected chi connectivity index (χ0v) is 8.51. The average Bonchev–Trinajstić information content (AvgIpc) is 2.03. The Morgan fingerprint density at radius 2 is 2.15 bits per heavy atom. The molecular formula is C7H16NO4S-. The van der Waals surface area contributed by atoms with E-state index in [1.54, 1.807) is 0 Å². The van der Waals surface area contributed by atoms with Crippen LogP contribution >= 0.6 is 0 Å². The third-order valence-electron chi connectivity index (χ3n) is 1.72. The Hall–Kier alpha value is -0.170. The van der Waals surface area contributed by atoms with Crippen molar-refractivity contribution in [3.05, 3.63) is 0 Å². The zero-order chi connectivity index (χ0) is 10.3. The monoisotopic (exact) mass is 210 g/mol. The number of rotatable bonds is 7. The molecule has 1 unspecified atom stereocenters. The van der Waals surface area contributed by atoms with Crippen molar-refractivity contribution in [3.63, 3.8) is 0 Å². The smallest absolute Gasteiger partial charge is 0.0946 e. The Morgan fingerprint density at radius 3 is 2.54 bits per heavy atom. The molecule has 0 radical (unpaired) electrons. The summed E-state index contributed by atoms with van der Waals surface area (Å²) in [7, 11) is -4.09. The lowest BCUT2D eigenvalue weighted by molar-refractivity contribution is 0.239. The van der Waals surface area contributed by atoms with Gasteiger partial charge in [-0.1, -0.05) is 6.92 Å². The first-order chi connectivity index (χ1) is 5.99. The van der Waals surface area contributed by atoms with Crippen LogP contribution in [-0.2, 0) is 10.1 Å². The second-order valence-electron chi connectivity index (χ2n) is 2.86. The first kappa shape index (κ1) is 12.8. The number of hydrogen-bond acceptors (Lipinski definition) is 5. The van der Waals surface area contributed by atoms with E-state index in [-0.39, 0.29) is 18.4 Å². The fourth-order valence-corrected chi connectivity index (χ4v) is 1.39. The fraction of sp³-hybridized carbons (Fsp3) is 1.00. The lowest BCUT2D eigenvalue weighted by atomic mass is 10.2. The van der Waals surface area contributed by atoms with Crippen molar-refractivity contribution in [2.75, 3.05) is 18.9 Å². The minimum atomic E-state index is -4.09. The molecular weight excluding hydrogens is 194 g/mol. The van der Waals surface area contributed by atoms with Gasteiger partial charge >= 0.3 is 0 Å². The van der Waals surface area contributed by atoms with Crippen molar-refractivity contribution in [2.45, 2.75) is 25.8 Å². The molecule has 6 heteroatoms. The minimum Gasteiger partial charge on any atom is -0.748 e. The van der Waals surface area contributed by atoms with Gasteiger partial charge in [-0.05, 0) is 19.4 Å². The molecule has 0 bridgehead atoms. The highest BCUT2D eigenvalue weighted by atomic mass is 32.2. The highest BCUT2D eigenvalue weighted by molar-refractivity contribution is 7.85. The van der Waals surface area contributed by atoms with E-state index in [0.717, 1.165) is 6.42 Å². The molecule has 13 heavy (non-hydrogen) atoms.